The maximum absolute atomic E-state index is 12.8. The number of nitriles is 1. The van der Waals surface area contributed by atoms with Crippen LogP contribution >= 0.6 is 0 Å². The number of methoxy groups -OCH3 is 1. The van der Waals surface area contributed by atoms with Gasteiger partial charge in [0.05, 0.1) is 31.8 Å². The summed E-state index contributed by atoms with van der Waals surface area (Å²) in [7, 11) is 1.55. The molecule has 1 aromatic rings. The fraction of sp³-hybridized carbons (Fsp3) is 0.429. The molecule has 1 aliphatic rings. The van der Waals surface area contributed by atoms with E-state index in [1.807, 2.05) is 13.8 Å². The Morgan fingerprint density at radius 2 is 2.00 bits per heavy atom. The molecule has 1 aliphatic heterocycles. The van der Waals surface area contributed by atoms with E-state index in [1.165, 1.54) is 0 Å². The van der Waals surface area contributed by atoms with Gasteiger partial charge in [0.2, 0.25) is 5.88 Å². The average Bonchev–Trinajstić information content (AvgIpc) is 2.68. The maximum atomic E-state index is 12.8. The van der Waals surface area contributed by atoms with E-state index in [-0.39, 0.29) is 18.1 Å². The number of nitrogens with zero attached hydrogens (tertiary/aromatic N) is 1. The zero-order valence-corrected chi connectivity index (χ0v) is 16.7. The molecule has 7 nitrogen and oxygen atoms in total. The summed E-state index contributed by atoms with van der Waals surface area (Å²) < 4.78 is 21.9. The molecular formula is C21H26N2O5. The number of benzene rings is 1. The summed E-state index contributed by atoms with van der Waals surface area (Å²) in [5, 5.41) is 9.71. The van der Waals surface area contributed by atoms with Gasteiger partial charge < -0.3 is 24.7 Å². The van der Waals surface area contributed by atoms with Gasteiger partial charge in [-0.1, -0.05) is 13.0 Å². The zero-order chi connectivity index (χ0) is 20.7. The molecule has 0 fully saturated rings. The van der Waals surface area contributed by atoms with Crippen molar-refractivity contribution in [2.75, 3.05) is 20.3 Å². The van der Waals surface area contributed by atoms with E-state index in [4.69, 9.17) is 24.7 Å². The second-order valence-corrected chi connectivity index (χ2v) is 6.08. The normalized spacial score (nSPS) is 16.3. The highest BCUT2D eigenvalue weighted by atomic mass is 16.5. The van der Waals surface area contributed by atoms with Crippen LogP contribution in [0.3, 0.4) is 0 Å². The topological polar surface area (TPSA) is 104 Å². The van der Waals surface area contributed by atoms with Crippen molar-refractivity contribution in [1.82, 2.24) is 0 Å². The van der Waals surface area contributed by atoms with Gasteiger partial charge >= 0.3 is 5.97 Å². The molecule has 150 valence electrons. The third-order valence-corrected chi connectivity index (χ3v) is 4.29. The minimum absolute atomic E-state index is 0.00206. The van der Waals surface area contributed by atoms with E-state index >= 15 is 0 Å². The van der Waals surface area contributed by atoms with E-state index in [2.05, 4.69) is 6.07 Å². The lowest BCUT2D eigenvalue weighted by molar-refractivity contribution is -0.139. The van der Waals surface area contributed by atoms with Gasteiger partial charge in [0, 0.05) is 6.42 Å². The molecule has 0 amide bonds. The molecule has 2 N–H and O–H groups in total. The number of nitrogens with two attached hydrogens (primary N) is 1. The Labute approximate surface area is 165 Å². The summed E-state index contributed by atoms with van der Waals surface area (Å²) in [4.78, 5) is 12.8. The van der Waals surface area contributed by atoms with E-state index in [9.17, 15) is 10.1 Å². The number of hydrogen-bond donors (Lipinski definition) is 1. The van der Waals surface area contributed by atoms with Gasteiger partial charge in [0.1, 0.15) is 17.4 Å². The Bertz CT molecular complexity index is 836. The van der Waals surface area contributed by atoms with E-state index in [0.29, 0.717) is 41.4 Å². The second-order valence-electron chi connectivity index (χ2n) is 6.08. The molecule has 0 unspecified atom stereocenters. The van der Waals surface area contributed by atoms with Crippen molar-refractivity contribution in [3.05, 3.63) is 46.6 Å². The van der Waals surface area contributed by atoms with Crippen molar-refractivity contribution in [2.45, 2.75) is 39.5 Å². The molecular weight excluding hydrogens is 360 g/mol. The van der Waals surface area contributed by atoms with E-state index in [1.54, 1.807) is 32.2 Å². The van der Waals surface area contributed by atoms with Crippen molar-refractivity contribution in [2.24, 2.45) is 5.73 Å². The SMILES string of the molecule is CCCC1=C(C(=O)OCC)[C@H](c2ccc(OC)c(OCC)c2)C(C#N)=C(N)O1. The maximum Gasteiger partial charge on any atom is 0.338 e. The molecule has 0 aliphatic carbocycles. The van der Waals surface area contributed by atoms with Crippen LogP contribution in [0.2, 0.25) is 0 Å². The van der Waals surface area contributed by atoms with Crippen LogP contribution in [0.1, 0.15) is 45.1 Å². The van der Waals surface area contributed by atoms with Gasteiger partial charge in [0.25, 0.3) is 0 Å². The van der Waals surface area contributed by atoms with Gasteiger partial charge in [-0.3, -0.25) is 0 Å². The van der Waals surface area contributed by atoms with Crippen molar-refractivity contribution in [3.63, 3.8) is 0 Å². The molecule has 0 spiro atoms. The van der Waals surface area contributed by atoms with Gasteiger partial charge in [-0.2, -0.15) is 5.26 Å². The fourth-order valence-corrected chi connectivity index (χ4v) is 3.14. The Morgan fingerprint density at radius 3 is 2.57 bits per heavy atom. The van der Waals surface area contributed by atoms with Crippen LogP contribution in [-0.2, 0) is 14.3 Å². The first-order chi connectivity index (χ1) is 13.5. The molecule has 0 bridgehead atoms. The van der Waals surface area contributed by atoms with Gasteiger partial charge in [-0.25, -0.2) is 4.79 Å². The molecule has 0 saturated carbocycles. The van der Waals surface area contributed by atoms with Crippen molar-refractivity contribution in [3.8, 4) is 17.6 Å². The third kappa shape index (κ3) is 4.22. The molecule has 0 radical (unpaired) electrons. The number of esters is 1. The lowest BCUT2D eigenvalue weighted by Gasteiger charge is -2.28. The van der Waals surface area contributed by atoms with E-state index in [0.717, 1.165) is 6.42 Å². The van der Waals surface area contributed by atoms with Gasteiger partial charge in [0.15, 0.2) is 11.5 Å². The highest BCUT2D eigenvalue weighted by molar-refractivity contribution is 5.92. The van der Waals surface area contributed by atoms with E-state index < -0.39 is 11.9 Å². The Morgan fingerprint density at radius 1 is 1.25 bits per heavy atom. The molecule has 0 saturated heterocycles. The molecule has 0 aromatic heterocycles. The van der Waals surface area contributed by atoms with Crippen LogP contribution in [0, 0.1) is 11.3 Å². The summed E-state index contributed by atoms with van der Waals surface area (Å²) in [5.74, 6) is 0.275. The number of ether oxygens (including phenoxy) is 4. The van der Waals surface area contributed by atoms with Crippen LogP contribution in [0.25, 0.3) is 0 Å². The first-order valence-corrected chi connectivity index (χ1v) is 9.30. The second kappa shape index (κ2) is 9.70. The standard InChI is InChI=1S/C21H26N2O5/c1-5-8-16-19(21(24)27-7-3)18(14(12-22)20(23)28-16)13-9-10-15(25-4)17(11-13)26-6-2/h9-11,18H,5-8,23H2,1-4H3/t18-/m1/s1. The average molecular weight is 386 g/mol. The quantitative estimate of drug-likeness (QED) is 0.682. The minimum Gasteiger partial charge on any atom is -0.493 e. The van der Waals surface area contributed by atoms with Crippen LogP contribution in [0.5, 0.6) is 11.5 Å². The lowest BCUT2D eigenvalue weighted by atomic mass is 9.82. The summed E-state index contributed by atoms with van der Waals surface area (Å²) in [5.41, 5.74) is 7.15. The molecule has 7 heteroatoms. The number of allylic oxidation sites excluding steroid dienone is 2. The minimum atomic E-state index is -0.704. The Kier molecular flexibility index (Phi) is 7.33. The van der Waals surface area contributed by atoms with Crippen molar-refractivity contribution in [1.29, 1.82) is 5.26 Å². The van der Waals surface area contributed by atoms with Crippen molar-refractivity contribution >= 4 is 5.97 Å². The third-order valence-electron chi connectivity index (χ3n) is 4.29. The largest absolute Gasteiger partial charge is 0.493 e. The number of rotatable bonds is 8. The fourth-order valence-electron chi connectivity index (χ4n) is 3.14. The number of carbonyl (C=O) groups excluding carboxylic acids is 1. The molecule has 1 atom stereocenters. The van der Waals surface area contributed by atoms with Gasteiger partial charge in [-0.15, -0.1) is 0 Å². The van der Waals surface area contributed by atoms with Crippen LogP contribution < -0.4 is 15.2 Å². The summed E-state index contributed by atoms with van der Waals surface area (Å²) >= 11 is 0. The summed E-state index contributed by atoms with van der Waals surface area (Å²) in [6, 6.07) is 7.37. The molecule has 1 heterocycles. The van der Waals surface area contributed by atoms with Crippen LogP contribution in [0.15, 0.2) is 41.0 Å². The molecule has 2 rings (SSSR count). The first kappa shape index (κ1) is 21.2. The molecule has 28 heavy (non-hydrogen) atoms. The summed E-state index contributed by atoms with van der Waals surface area (Å²) in [6.45, 7) is 6.21. The zero-order valence-electron chi connectivity index (χ0n) is 16.7. The lowest BCUT2D eigenvalue weighted by Crippen LogP contribution is -2.26. The van der Waals surface area contributed by atoms with Crippen LogP contribution in [0.4, 0.5) is 0 Å². The predicted octanol–water partition coefficient (Wildman–Crippen LogP) is 3.52. The van der Waals surface area contributed by atoms with Gasteiger partial charge in [-0.05, 0) is 38.0 Å². The smallest absolute Gasteiger partial charge is 0.338 e. The monoisotopic (exact) mass is 386 g/mol. The van der Waals surface area contributed by atoms with Crippen molar-refractivity contribution < 1.29 is 23.7 Å². The predicted molar refractivity (Wildman–Crippen MR) is 103 cm³/mol. The highest BCUT2D eigenvalue weighted by Gasteiger charge is 2.37. The highest BCUT2D eigenvalue weighted by Crippen LogP contribution is 2.43. The van der Waals surface area contributed by atoms with Crippen LogP contribution in [-0.4, -0.2) is 26.3 Å². The Hall–Kier alpha value is -3.14. The Balaban J connectivity index is 2.69. The number of carbonyl (C=O) groups is 1. The summed E-state index contributed by atoms with van der Waals surface area (Å²) in [6.07, 6.45) is 1.24. The molecule has 1 aromatic carbocycles. The number of hydrogen-bond acceptors (Lipinski definition) is 7. The first-order valence-electron chi connectivity index (χ1n) is 9.30.